The zero-order valence-electron chi connectivity index (χ0n) is 17.2. The largest absolute Gasteiger partial charge is 0.481 e. The number of aliphatic carboxylic acids is 2. The van der Waals surface area contributed by atoms with Gasteiger partial charge in [0.05, 0.1) is 19.4 Å². The summed E-state index contributed by atoms with van der Waals surface area (Å²) in [5, 5.41) is 29.2. The van der Waals surface area contributed by atoms with E-state index in [0.29, 0.717) is 4.31 Å². The second-order valence-corrected chi connectivity index (χ2v) is 10.1. The van der Waals surface area contributed by atoms with Crippen LogP contribution in [0.4, 0.5) is 13.2 Å². The average Bonchev–Trinajstić information content (AvgIpc) is 3.21. The summed E-state index contributed by atoms with van der Waals surface area (Å²) in [6, 6.07) is -1.09. The van der Waals surface area contributed by atoms with Gasteiger partial charge in [-0.2, -0.15) is 13.2 Å². The lowest BCUT2D eigenvalue weighted by molar-refractivity contribution is -0.162. The van der Waals surface area contributed by atoms with Gasteiger partial charge < -0.3 is 15.1 Å². The van der Waals surface area contributed by atoms with Gasteiger partial charge in [0, 0.05) is 24.5 Å². The number of rotatable bonds is 10. The molecule has 34 heavy (non-hydrogen) atoms. The van der Waals surface area contributed by atoms with Gasteiger partial charge in [-0.1, -0.05) is 24.6 Å². The second-order valence-electron chi connectivity index (χ2n) is 7.67. The van der Waals surface area contributed by atoms with Gasteiger partial charge in [-0.15, -0.1) is 16.9 Å². The Hall–Kier alpha value is -2.21. The van der Waals surface area contributed by atoms with Gasteiger partial charge in [-0.3, -0.25) is 23.5 Å². The minimum atomic E-state index is -4.52. The Morgan fingerprint density at radius 1 is 1.29 bits per heavy atom. The van der Waals surface area contributed by atoms with Gasteiger partial charge in [-0.25, -0.2) is 4.68 Å². The highest BCUT2D eigenvalue weighted by molar-refractivity contribution is 8.00. The van der Waals surface area contributed by atoms with E-state index in [1.807, 2.05) is 0 Å². The SMILES string of the molecule is O=C(O)CCn1nnnc1SCC1(C(=O)O)CS[C@@H]2C(N(S)C(=O)CCC(F)(F)F)C(=O)N2C1. The summed E-state index contributed by atoms with van der Waals surface area (Å²) in [5.74, 6) is -3.75. The highest BCUT2D eigenvalue weighted by Gasteiger charge is 2.59. The van der Waals surface area contributed by atoms with E-state index in [-0.39, 0.29) is 36.2 Å². The van der Waals surface area contributed by atoms with Crippen molar-refractivity contribution in [2.24, 2.45) is 5.41 Å². The molecule has 3 rings (SSSR count). The molecule has 0 radical (unpaired) electrons. The summed E-state index contributed by atoms with van der Waals surface area (Å²) in [7, 11) is 0. The predicted molar refractivity (Wildman–Crippen MR) is 114 cm³/mol. The van der Waals surface area contributed by atoms with Crippen LogP contribution in [0, 0.1) is 5.41 Å². The van der Waals surface area contributed by atoms with Crippen LogP contribution < -0.4 is 0 Å². The van der Waals surface area contributed by atoms with Crippen LogP contribution in [0.25, 0.3) is 0 Å². The van der Waals surface area contributed by atoms with Crippen molar-refractivity contribution >= 4 is 60.1 Å². The molecule has 2 aliphatic heterocycles. The lowest BCUT2D eigenvalue weighted by Crippen LogP contribution is -2.73. The molecule has 2 unspecified atom stereocenters. The van der Waals surface area contributed by atoms with Crippen LogP contribution in [-0.4, -0.2) is 99.0 Å². The lowest BCUT2D eigenvalue weighted by Gasteiger charge is -2.55. The number of halogens is 3. The summed E-state index contributed by atoms with van der Waals surface area (Å²) >= 11 is 6.04. The lowest BCUT2D eigenvalue weighted by atomic mass is 9.89. The Bertz CT molecular complexity index is 981. The quantitative estimate of drug-likeness (QED) is 0.215. The molecule has 0 aliphatic carbocycles. The number of carbonyl (C=O) groups excluding carboxylic acids is 2. The minimum Gasteiger partial charge on any atom is -0.481 e. The van der Waals surface area contributed by atoms with Crippen LogP contribution in [0.3, 0.4) is 0 Å². The molecule has 0 aromatic carbocycles. The van der Waals surface area contributed by atoms with Crippen molar-refractivity contribution in [2.75, 3.05) is 18.1 Å². The average molecular weight is 545 g/mol. The van der Waals surface area contributed by atoms with Crippen molar-refractivity contribution in [3.05, 3.63) is 0 Å². The van der Waals surface area contributed by atoms with Crippen molar-refractivity contribution in [3.63, 3.8) is 0 Å². The number of aryl methyl sites for hydroxylation is 1. The van der Waals surface area contributed by atoms with E-state index in [1.54, 1.807) is 0 Å². The first kappa shape index (κ1) is 26.4. The standard InChI is InChI=1S/C16H19F3N6O6S3/c17-16(18,19)3-1-8(26)25(32)10-11(29)23-5-15(13(30)31,6-33-12(10)23)7-34-14-20-21-22-24(14)4-2-9(27)28/h10,12,32H,1-7H2,(H,27,28)(H,30,31)/t10?,12-,15?/m1/s1. The van der Waals surface area contributed by atoms with E-state index in [4.69, 9.17) is 5.11 Å². The number of tetrazole rings is 1. The number of aromatic nitrogens is 4. The topological polar surface area (TPSA) is 159 Å². The number of carbonyl (C=O) groups is 4. The molecule has 3 atom stereocenters. The predicted octanol–water partition coefficient (Wildman–Crippen LogP) is 0.610. The number of nitrogens with zero attached hydrogens (tertiary/aromatic N) is 6. The molecule has 18 heteroatoms. The van der Waals surface area contributed by atoms with Gasteiger partial charge in [-0.05, 0) is 10.4 Å². The van der Waals surface area contributed by atoms with Gasteiger partial charge in [0.25, 0.3) is 0 Å². The summed E-state index contributed by atoms with van der Waals surface area (Å²) < 4.78 is 39.1. The monoisotopic (exact) mass is 544 g/mol. The fourth-order valence-electron chi connectivity index (χ4n) is 3.34. The molecule has 3 heterocycles. The van der Waals surface area contributed by atoms with E-state index >= 15 is 0 Å². The molecule has 2 aliphatic rings. The Balaban J connectivity index is 1.63. The van der Waals surface area contributed by atoms with Crippen LogP contribution in [0.1, 0.15) is 19.3 Å². The van der Waals surface area contributed by atoms with E-state index < -0.39 is 59.6 Å². The number of carboxylic acids is 2. The first-order chi connectivity index (χ1) is 15.8. The van der Waals surface area contributed by atoms with E-state index in [9.17, 15) is 37.5 Å². The molecule has 1 aromatic rings. The van der Waals surface area contributed by atoms with E-state index in [0.717, 1.165) is 23.5 Å². The molecule has 2 amide bonds. The van der Waals surface area contributed by atoms with Crippen LogP contribution >= 0.6 is 36.3 Å². The zero-order valence-corrected chi connectivity index (χ0v) is 19.7. The number of hydrogen-bond donors (Lipinski definition) is 3. The number of carboxylic acid groups (broad SMARTS) is 2. The number of hydrogen-bond acceptors (Lipinski definition) is 10. The smallest absolute Gasteiger partial charge is 0.389 e. The molecule has 0 bridgehead atoms. The number of thioether (sulfide) groups is 2. The van der Waals surface area contributed by atoms with Gasteiger partial charge in [0.15, 0.2) is 6.04 Å². The highest BCUT2D eigenvalue weighted by Crippen LogP contribution is 2.46. The Morgan fingerprint density at radius 2 is 2.00 bits per heavy atom. The Labute approximate surface area is 204 Å². The summed E-state index contributed by atoms with van der Waals surface area (Å²) in [6.45, 7) is -0.189. The third-order valence-corrected chi connectivity index (χ3v) is 8.52. The molecule has 1 aromatic heterocycles. The number of amides is 2. The van der Waals surface area contributed by atoms with Crippen molar-refractivity contribution in [3.8, 4) is 0 Å². The maximum absolute atomic E-state index is 12.6. The molecule has 0 spiro atoms. The molecule has 2 N–H and O–H groups in total. The Morgan fingerprint density at radius 3 is 2.62 bits per heavy atom. The van der Waals surface area contributed by atoms with Gasteiger partial charge in [0.1, 0.15) is 10.8 Å². The summed E-state index contributed by atoms with van der Waals surface area (Å²) in [5.41, 5.74) is -1.39. The molecule has 12 nitrogen and oxygen atoms in total. The maximum atomic E-state index is 12.6. The second kappa shape index (κ2) is 10.2. The van der Waals surface area contributed by atoms with Crippen LogP contribution in [0.15, 0.2) is 5.16 Å². The minimum absolute atomic E-state index is 0.00595. The van der Waals surface area contributed by atoms with Crippen molar-refractivity contribution in [2.45, 2.75) is 48.6 Å². The van der Waals surface area contributed by atoms with E-state index in [1.165, 1.54) is 9.58 Å². The number of fused-ring (bicyclic) bond motifs is 1. The number of thiol groups is 1. The number of β-lactam (4-membered cyclic amide) rings is 1. The zero-order chi connectivity index (χ0) is 25.3. The fraction of sp³-hybridized carbons (Fsp3) is 0.688. The third kappa shape index (κ3) is 5.70. The number of alkyl halides is 3. The molecule has 2 saturated heterocycles. The normalized spacial score (nSPS) is 24.4. The molecule has 188 valence electrons. The summed E-state index contributed by atoms with van der Waals surface area (Å²) in [4.78, 5) is 48.9. The van der Waals surface area contributed by atoms with Gasteiger partial charge in [0.2, 0.25) is 17.0 Å². The maximum Gasteiger partial charge on any atom is 0.389 e. The first-order valence-corrected chi connectivity index (χ1v) is 12.1. The van der Waals surface area contributed by atoms with Crippen LogP contribution in [-0.2, 0) is 25.7 Å². The Kier molecular flexibility index (Phi) is 7.91. The van der Waals surface area contributed by atoms with Crippen LogP contribution in [0.5, 0.6) is 0 Å². The molecule has 0 saturated carbocycles. The fourth-order valence-corrected chi connectivity index (χ4v) is 6.56. The summed E-state index contributed by atoms with van der Waals surface area (Å²) in [6.07, 6.45) is -6.94. The van der Waals surface area contributed by atoms with Crippen molar-refractivity contribution in [1.29, 1.82) is 0 Å². The molecular weight excluding hydrogens is 525 g/mol. The van der Waals surface area contributed by atoms with E-state index in [2.05, 4.69) is 28.3 Å². The highest BCUT2D eigenvalue weighted by atomic mass is 32.2. The molecule has 2 fully saturated rings. The molecular formula is C16H19F3N6O6S3. The van der Waals surface area contributed by atoms with Crippen LogP contribution in [0.2, 0.25) is 0 Å². The van der Waals surface area contributed by atoms with Crippen molar-refractivity contribution in [1.82, 2.24) is 29.4 Å². The van der Waals surface area contributed by atoms with Gasteiger partial charge >= 0.3 is 18.1 Å². The first-order valence-electron chi connectivity index (χ1n) is 9.68. The third-order valence-electron chi connectivity index (χ3n) is 5.23. The van der Waals surface area contributed by atoms with Crippen molar-refractivity contribution < 1.29 is 42.6 Å².